The van der Waals surface area contributed by atoms with E-state index in [2.05, 4.69) is 36.7 Å². The molecular weight excluding hydrogens is 286 g/mol. The van der Waals surface area contributed by atoms with Crippen molar-refractivity contribution in [3.8, 4) is 0 Å². The van der Waals surface area contributed by atoms with Crippen molar-refractivity contribution < 1.29 is 4.79 Å². The lowest BCUT2D eigenvalue weighted by atomic mass is 9.97. The van der Waals surface area contributed by atoms with E-state index in [-0.39, 0.29) is 11.4 Å². The quantitative estimate of drug-likeness (QED) is 0.735. The Morgan fingerprint density at radius 3 is 2.04 bits per heavy atom. The van der Waals surface area contributed by atoms with Crippen LogP contribution in [0.3, 0.4) is 0 Å². The number of para-hydroxylation sites is 1. The molecule has 2 aromatic rings. The van der Waals surface area contributed by atoms with Crippen molar-refractivity contribution >= 4 is 23.1 Å². The minimum Gasteiger partial charge on any atom is -0.356 e. The molecule has 0 radical (unpaired) electrons. The van der Waals surface area contributed by atoms with Gasteiger partial charge in [0.2, 0.25) is 0 Å². The fourth-order valence-corrected chi connectivity index (χ4v) is 1.86. The van der Waals surface area contributed by atoms with E-state index in [4.69, 9.17) is 0 Å². The maximum atomic E-state index is 11.8. The monoisotopic (exact) mass is 309 g/mol. The van der Waals surface area contributed by atoms with Crippen molar-refractivity contribution in [3.63, 3.8) is 0 Å². The van der Waals surface area contributed by atoms with Gasteiger partial charge in [-0.3, -0.25) is 0 Å². The lowest BCUT2D eigenvalue weighted by molar-refractivity contribution is 0.255. The summed E-state index contributed by atoms with van der Waals surface area (Å²) in [5.74, 6) is 0. The third-order valence-electron chi connectivity index (χ3n) is 3.00. The molecule has 0 aliphatic heterocycles. The maximum absolute atomic E-state index is 11.8. The zero-order chi connectivity index (χ0) is 16.7. The lowest BCUT2D eigenvalue weighted by Gasteiger charge is -2.11. The minimum absolute atomic E-state index is 0.0397. The van der Waals surface area contributed by atoms with Gasteiger partial charge >= 0.3 is 6.03 Å². The molecule has 2 aromatic carbocycles. The summed E-state index contributed by atoms with van der Waals surface area (Å²) in [5, 5.41) is 8.78. The molecule has 0 bridgehead atoms. The van der Waals surface area contributed by atoms with E-state index >= 15 is 0 Å². The molecule has 2 rings (SSSR count). The van der Waals surface area contributed by atoms with E-state index < -0.39 is 0 Å². The van der Waals surface area contributed by atoms with Gasteiger partial charge in [-0.1, -0.05) is 45.0 Å². The van der Waals surface area contributed by atoms with Gasteiger partial charge in [-0.15, -0.1) is 0 Å². The third kappa shape index (κ3) is 6.26. The summed E-state index contributed by atoms with van der Waals surface area (Å²) in [6, 6.07) is 17.3. The number of amides is 2. The second kappa shape index (κ2) is 7.49. The maximum Gasteiger partial charge on any atom is 0.323 e. The molecule has 0 saturated carbocycles. The Morgan fingerprint density at radius 2 is 1.43 bits per heavy atom. The van der Waals surface area contributed by atoms with Crippen LogP contribution in [0.5, 0.6) is 0 Å². The highest BCUT2D eigenvalue weighted by Crippen LogP contribution is 2.18. The van der Waals surface area contributed by atoms with Gasteiger partial charge in [0.15, 0.2) is 0 Å². The van der Waals surface area contributed by atoms with Crippen molar-refractivity contribution in [2.45, 2.75) is 20.8 Å². The number of carbonyl (C=O) groups is 1. The number of hydrogen-bond donors (Lipinski definition) is 3. The van der Waals surface area contributed by atoms with Gasteiger partial charge < -0.3 is 16.0 Å². The van der Waals surface area contributed by atoms with Crippen LogP contribution in [0.25, 0.3) is 0 Å². The molecule has 0 unspecified atom stereocenters. The smallest absolute Gasteiger partial charge is 0.323 e. The normalized spacial score (nSPS) is 11.3. The van der Waals surface area contributed by atoms with Gasteiger partial charge in [-0.05, 0) is 41.8 Å². The molecule has 0 spiro atoms. The molecule has 0 saturated heterocycles. The zero-order valence-corrected chi connectivity index (χ0v) is 13.8. The van der Waals surface area contributed by atoms with Crippen LogP contribution in [0, 0.1) is 5.41 Å². The van der Waals surface area contributed by atoms with E-state index in [1.165, 1.54) is 0 Å². The van der Waals surface area contributed by atoms with E-state index in [1.54, 1.807) is 6.20 Å². The Bertz CT molecular complexity index is 655. The molecule has 0 fully saturated rings. The molecule has 120 valence electrons. The summed E-state index contributed by atoms with van der Waals surface area (Å²) in [7, 11) is 0. The van der Waals surface area contributed by atoms with Crippen LogP contribution in [-0.2, 0) is 0 Å². The summed E-state index contributed by atoms with van der Waals surface area (Å²) in [6.45, 7) is 6.21. The average Bonchev–Trinajstić information content (AvgIpc) is 2.49. The highest BCUT2D eigenvalue weighted by atomic mass is 16.2. The van der Waals surface area contributed by atoms with Crippen LogP contribution in [0.2, 0.25) is 0 Å². The Labute approximate surface area is 137 Å². The summed E-state index contributed by atoms with van der Waals surface area (Å²) in [6.07, 6.45) is 3.61. The molecule has 4 heteroatoms. The first kappa shape index (κ1) is 16.6. The number of benzene rings is 2. The van der Waals surface area contributed by atoms with Gasteiger partial charge in [-0.25, -0.2) is 4.79 Å². The first-order chi connectivity index (χ1) is 10.9. The number of allylic oxidation sites excluding steroid dienone is 1. The van der Waals surface area contributed by atoms with E-state index in [1.807, 2.05) is 60.7 Å². The van der Waals surface area contributed by atoms with E-state index in [0.717, 1.165) is 17.1 Å². The zero-order valence-electron chi connectivity index (χ0n) is 13.8. The molecule has 0 aromatic heterocycles. The van der Waals surface area contributed by atoms with Crippen molar-refractivity contribution in [1.29, 1.82) is 0 Å². The molecule has 3 N–H and O–H groups in total. The SMILES string of the molecule is CC(C)(C)/C=C/NC(=O)Nc1ccc(Nc2ccccc2)cc1. The van der Waals surface area contributed by atoms with Crippen LogP contribution >= 0.6 is 0 Å². The fourth-order valence-electron chi connectivity index (χ4n) is 1.86. The van der Waals surface area contributed by atoms with Crippen molar-refractivity contribution in [2.24, 2.45) is 5.41 Å². The van der Waals surface area contributed by atoms with Gasteiger partial charge in [0.1, 0.15) is 0 Å². The number of carbonyl (C=O) groups excluding carboxylic acids is 1. The van der Waals surface area contributed by atoms with Crippen LogP contribution in [-0.4, -0.2) is 6.03 Å². The minimum atomic E-state index is -0.255. The second-order valence-corrected chi connectivity index (χ2v) is 6.37. The summed E-state index contributed by atoms with van der Waals surface area (Å²) >= 11 is 0. The first-order valence-electron chi connectivity index (χ1n) is 7.60. The predicted molar refractivity (Wildman–Crippen MR) is 96.9 cm³/mol. The van der Waals surface area contributed by atoms with Crippen LogP contribution < -0.4 is 16.0 Å². The topological polar surface area (TPSA) is 53.2 Å². The van der Waals surface area contributed by atoms with Crippen molar-refractivity contribution in [2.75, 3.05) is 10.6 Å². The fraction of sp³-hybridized carbons (Fsp3) is 0.211. The predicted octanol–water partition coefficient (Wildman–Crippen LogP) is 5.11. The number of anilines is 3. The van der Waals surface area contributed by atoms with Crippen molar-refractivity contribution in [3.05, 3.63) is 66.9 Å². The summed E-state index contributed by atoms with van der Waals surface area (Å²) in [5.41, 5.74) is 2.77. The number of hydrogen-bond acceptors (Lipinski definition) is 2. The molecule has 2 amide bonds. The number of nitrogens with one attached hydrogen (secondary N) is 3. The van der Waals surface area contributed by atoms with Crippen LogP contribution in [0.15, 0.2) is 66.9 Å². The molecule has 0 aliphatic carbocycles. The lowest BCUT2D eigenvalue weighted by Crippen LogP contribution is -2.24. The van der Waals surface area contributed by atoms with Gasteiger partial charge in [0.05, 0.1) is 0 Å². The van der Waals surface area contributed by atoms with E-state index in [0.29, 0.717) is 0 Å². The van der Waals surface area contributed by atoms with Crippen LogP contribution in [0.4, 0.5) is 21.9 Å². The third-order valence-corrected chi connectivity index (χ3v) is 3.00. The molecule has 23 heavy (non-hydrogen) atoms. The Hall–Kier alpha value is -2.75. The standard InChI is InChI=1S/C19H23N3O/c1-19(2,3)13-14-20-18(23)22-17-11-9-16(10-12-17)21-15-7-5-4-6-8-15/h4-14,21H,1-3H3,(H2,20,22,23)/b14-13+. The highest BCUT2D eigenvalue weighted by molar-refractivity contribution is 5.90. The molecular formula is C19H23N3O. The molecule has 0 heterocycles. The largest absolute Gasteiger partial charge is 0.356 e. The second-order valence-electron chi connectivity index (χ2n) is 6.37. The first-order valence-corrected chi connectivity index (χ1v) is 7.60. The summed E-state index contributed by atoms with van der Waals surface area (Å²) < 4.78 is 0. The molecule has 4 nitrogen and oxygen atoms in total. The van der Waals surface area contributed by atoms with E-state index in [9.17, 15) is 4.79 Å². The number of urea groups is 1. The van der Waals surface area contributed by atoms with Gasteiger partial charge in [0.25, 0.3) is 0 Å². The van der Waals surface area contributed by atoms with Gasteiger partial charge in [0, 0.05) is 23.3 Å². The molecule has 0 atom stereocenters. The van der Waals surface area contributed by atoms with Crippen LogP contribution in [0.1, 0.15) is 20.8 Å². The van der Waals surface area contributed by atoms with Gasteiger partial charge in [-0.2, -0.15) is 0 Å². The summed E-state index contributed by atoms with van der Waals surface area (Å²) in [4.78, 5) is 11.8. The Kier molecular flexibility index (Phi) is 5.41. The van der Waals surface area contributed by atoms with Crippen molar-refractivity contribution in [1.82, 2.24) is 5.32 Å². The number of rotatable bonds is 4. The Morgan fingerprint density at radius 1 is 0.870 bits per heavy atom. The molecule has 0 aliphatic rings. The average molecular weight is 309 g/mol. The highest BCUT2D eigenvalue weighted by Gasteiger charge is 2.04. The Balaban J connectivity index is 1.87.